The number of fused-ring (bicyclic) bond motifs is 1. The van der Waals surface area contributed by atoms with E-state index < -0.39 is 15.3 Å². The molecule has 0 bridgehead atoms. The van der Waals surface area contributed by atoms with Gasteiger partial charge in [-0.1, -0.05) is 24.3 Å². The SMILES string of the molecule is COc1c(NCCNS(=O)(=O)C(C)C)cnc2c(-c3ccc(C#N)cc3)cccc12. The van der Waals surface area contributed by atoms with E-state index in [0.29, 0.717) is 23.5 Å². The molecule has 2 aromatic carbocycles. The van der Waals surface area contributed by atoms with E-state index in [9.17, 15) is 8.42 Å². The molecule has 3 rings (SSSR count). The molecule has 0 radical (unpaired) electrons. The number of ether oxygens (including phenoxy) is 1. The molecule has 0 saturated heterocycles. The number of nitriles is 1. The van der Waals surface area contributed by atoms with Crippen LogP contribution in [0, 0.1) is 11.3 Å². The lowest BCUT2D eigenvalue weighted by Crippen LogP contribution is -2.34. The Balaban J connectivity index is 1.87. The minimum absolute atomic E-state index is 0.257. The van der Waals surface area contributed by atoms with E-state index >= 15 is 0 Å². The highest BCUT2D eigenvalue weighted by atomic mass is 32.2. The molecule has 156 valence electrons. The van der Waals surface area contributed by atoms with Crippen LogP contribution in [0.5, 0.6) is 5.75 Å². The fraction of sp³-hybridized carbons (Fsp3) is 0.273. The van der Waals surface area contributed by atoms with E-state index in [-0.39, 0.29) is 6.54 Å². The van der Waals surface area contributed by atoms with E-state index in [1.807, 2.05) is 30.3 Å². The summed E-state index contributed by atoms with van der Waals surface area (Å²) in [6, 6.07) is 15.3. The first-order valence-corrected chi connectivity index (χ1v) is 11.1. The third-order valence-corrected chi connectivity index (χ3v) is 6.59. The molecule has 0 atom stereocenters. The molecule has 0 aliphatic rings. The number of para-hydroxylation sites is 1. The van der Waals surface area contributed by atoms with E-state index in [1.165, 1.54) is 0 Å². The van der Waals surface area contributed by atoms with Crippen LogP contribution in [0.2, 0.25) is 0 Å². The number of aromatic nitrogens is 1. The molecule has 0 spiro atoms. The smallest absolute Gasteiger partial charge is 0.213 e. The Labute approximate surface area is 176 Å². The second kappa shape index (κ2) is 9.11. The normalized spacial score (nSPS) is 11.4. The predicted molar refractivity (Wildman–Crippen MR) is 119 cm³/mol. The van der Waals surface area contributed by atoms with Crippen molar-refractivity contribution in [1.82, 2.24) is 9.71 Å². The van der Waals surface area contributed by atoms with Gasteiger partial charge in [-0.3, -0.25) is 4.98 Å². The van der Waals surface area contributed by atoms with Gasteiger partial charge in [0.15, 0.2) is 5.75 Å². The van der Waals surface area contributed by atoms with Gasteiger partial charge in [0.05, 0.1) is 41.4 Å². The molecule has 8 heteroatoms. The van der Waals surface area contributed by atoms with Gasteiger partial charge in [0.1, 0.15) is 0 Å². The van der Waals surface area contributed by atoms with Gasteiger partial charge >= 0.3 is 0 Å². The Kier molecular flexibility index (Phi) is 6.55. The second-order valence-electron chi connectivity index (χ2n) is 7.01. The van der Waals surface area contributed by atoms with Gasteiger partial charge in [0.2, 0.25) is 10.0 Å². The maximum Gasteiger partial charge on any atom is 0.213 e. The van der Waals surface area contributed by atoms with Gasteiger partial charge in [-0.15, -0.1) is 0 Å². The Morgan fingerprint density at radius 1 is 1.13 bits per heavy atom. The first-order valence-electron chi connectivity index (χ1n) is 9.56. The van der Waals surface area contributed by atoms with Crippen molar-refractivity contribution in [2.24, 2.45) is 0 Å². The number of hydrogen-bond acceptors (Lipinski definition) is 6. The van der Waals surface area contributed by atoms with Gasteiger partial charge in [-0.05, 0) is 37.6 Å². The van der Waals surface area contributed by atoms with Crippen molar-refractivity contribution in [3.05, 3.63) is 54.2 Å². The van der Waals surface area contributed by atoms with Crippen LogP contribution in [-0.4, -0.2) is 38.9 Å². The first-order chi connectivity index (χ1) is 14.4. The van der Waals surface area contributed by atoms with Gasteiger partial charge in [0, 0.05) is 24.0 Å². The summed E-state index contributed by atoms with van der Waals surface area (Å²) in [5.41, 5.74) is 3.96. The number of pyridine rings is 1. The molecule has 0 fully saturated rings. The highest BCUT2D eigenvalue weighted by Crippen LogP contribution is 2.36. The standard InChI is InChI=1S/C22H24N4O3S/c1-15(2)30(27,28)26-12-11-24-20-14-25-21-18(5-4-6-19(21)22(20)29-3)17-9-7-16(13-23)8-10-17/h4-10,14-15,24,26H,11-12H2,1-3H3. The summed E-state index contributed by atoms with van der Waals surface area (Å²) in [4.78, 5) is 4.62. The summed E-state index contributed by atoms with van der Waals surface area (Å²) >= 11 is 0. The Bertz CT molecular complexity index is 1180. The zero-order valence-electron chi connectivity index (χ0n) is 17.1. The number of methoxy groups -OCH3 is 1. The molecule has 1 heterocycles. The van der Waals surface area contributed by atoms with Crippen LogP contribution in [0.1, 0.15) is 19.4 Å². The van der Waals surface area contributed by atoms with Crippen LogP contribution in [0.15, 0.2) is 48.7 Å². The molecule has 0 amide bonds. The van der Waals surface area contributed by atoms with Crippen molar-refractivity contribution in [2.45, 2.75) is 19.1 Å². The summed E-state index contributed by atoms with van der Waals surface area (Å²) in [5, 5.41) is 12.6. The molecule has 0 aliphatic heterocycles. The first kappa shape index (κ1) is 21.6. The van der Waals surface area contributed by atoms with Crippen LogP contribution >= 0.6 is 0 Å². The molecule has 30 heavy (non-hydrogen) atoms. The Hall–Kier alpha value is -3.15. The number of anilines is 1. The molecular formula is C22H24N4O3S. The summed E-state index contributed by atoms with van der Waals surface area (Å²) < 4.78 is 31.9. The van der Waals surface area contributed by atoms with E-state index in [1.54, 1.807) is 39.3 Å². The third-order valence-electron chi connectivity index (χ3n) is 4.74. The average Bonchev–Trinajstić information content (AvgIpc) is 2.75. The molecule has 0 aliphatic carbocycles. The van der Waals surface area contributed by atoms with Crippen LogP contribution in [0.4, 0.5) is 5.69 Å². The quantitative estimate of drug-likeness (QED) is 0.536. The second-order valence-corrected chi connectivity index (χ2v) is 9.33. The minimum atomic E-state index is -3.30. The summed E-state index contributed by atoms with van der Waals surface area (Å²) in [7, 11) is -1.71. The van der Waals surface area contributed by atoms with Crippen LogP contribution in [-0.2, 0) is 10.0 Å². The number of nitrogens with one attached hydrogen (secondary N) is 2. The zero-order valence-corrected chi connectivity index (χ0v) is 18.0. The van der Waals surface area contributed by atoms with Crippen molar-refractivity contribution >= 4 is 26.6 Å². The van der Waals surface area contributed by atoms with Gasteiger partial charge < -0.3 is 10.1 Å². The van der Waals surface area contributed by atoms with Gasteiger partial charge in [-0.2, -0.15) is 5.26 Å². The lowest BCUT2D eigenvalue weighted by Gasteiger charge is -2.15. The van der Waals surface area contributed by atoms with E-state index in [0.717, 1.165) is 22.0 Å². The number of sulfonamides is 1. The fourth-order valence-corrected chi connectivity index (χ4v) is 3.78. The maximum absolute atomic E-state index is 11.9. The monoisotopic (exact) mass is 424 g/mol. The third kappa shape index (κ3) is 4.53. The highest BCUT2D eigenvalue weighted by molar-refractivity contribution is 7.90. The fourth-order valence-electron chi connectivity index (χ4n) is 3.06. The lowest BCUT2D eigenvalue weighted by atomic mass is 10.0. The molecule has 1 aromatic heterocycles. The van der Waals surface area contributed by atoms with E-state index in [2.05, 4.69) is 21.1 Å². The van der Waals surface area contributed by atoms with E-state index in [4.69, 9.17) is 10.00 Å². The van der Waals surface area contributed by atoms with Crippen molar-refractivity contribution < 1.29 is 13.2 Å². The molecule has 2 N–H and O–H groups in total. The highest BCUT2D eigenvalue weighted by Gasteiger charge is 2.15. The van der Waals surface area contributed by atoms with Crippen molar-refractivity contribution in [2.75, 3.05) is 25.5 Å². The summed E-state index contributed by atoms with van der Waals surface area (Å²) in [6.07, 6.45) is 1.69. The van der Waals surface area contributed by atoms with Crippen LogP contribution < -0.4 is 14.8 Å². The predicted octanol–water partition coefficient (Wildman–Crippen LogP) is 3.52. The van der Waals surface area contributed by atoms with Crippen LogP contribution in [0.3, 0.4) is 0 Å². The van der Waals surface area contributed by atoms with Crippen molar-refractivity contribution in [1.29, 1.82) is 5.26 Å². The topological polar surface area (TPSA) is 104 Å². The number of rotatable bonds is 8. The van der Waals surface area contributed by atoms with Gasteiger partial charge in [-0.25, -0.2) is 13.1 Å². The molecule has 0 unspecified atom stereocenters. The number of benzene rings is 2. The van der Waals surface area contributed by atoms with Crippen molar-refractivity contribution in [3.8, 4) is 22.9 Å². The number of nitrogens with zero attached hydrogens (tertiary/aromatic N) is 2. The summed E-state index contributed by atoms with van der Waals surface area (Å²) in [6.45, 7) is 3.92. The lowest BCUT2D eigenvalue weighted by molar-refractivity contribution is 0.421. The minimum Gasteiger partial charge on any atom is -0.494 e. The Morgan fingerprint density at radius 2 is 1.87 bits per heavy atom. The summed E-state index contributed by atoms with van der Waals surface area (Å²) in [5.74, 6) is 0.641. The van der Waals surface area contributed by atoms with Crippen molar-refractivity contribution in [3.63, 3.8) is 0 Å². The van der Waals surface area contributed by atoms with Gasteiger partial charge in [0.25, 0.3) is 0 Å². The molecular weight excluding hydrogens is 400 g/mol. The maximum atomic E-state index is 11.9. The van der Waals surface area contributed by atoms with Crippen LogP contribution in [0.25, 0.3) is 22.0 Å². The average molecular weight is 425 g/mol. The molecule has 7 nitrogen and oxygen atoms in total. The molecule has 0 saturated carbocycles. The Morgan fingerprint density at radius 3 is 2.50 bits per heavy atom. The molecule has 3 aromatic rings. The largest absolute Gasteiger partial charge is 0.494 e. The zero-order chi connectivity index (χ0) is 21.7. The number of hydrogen-bond donors (Lipinski definition) is 2.